The van der Waals surface area contributed by atoms with Crippen molar-refractivity contribution >= 4 is 11.9 Å². The summed E-state index contributed by atoms with van der Waals surface area (Å²) in [5, 5.41) is 54.1. The lowest BCUT2D eigenvalue weighted by Gasteiger charge is -2.40. The van der Waals surface area contributed by atoms with Crippen LogP contribution in [0.3, 0.4) is 0 Å². The third-order valence-electron chi connectivity index (χ3n) is 13.7. The van der Waals surface area contributed by atoms with Crippen molar-refractivity contribution in [2.45, 2.75) is 294 Å². The first-order valence-corrected chi connectivity index (χ1v) is 29.5. The molecule has 0 bridgehead atoms. The van der Waals surface area contributed by atoms with Gasteiger partial charge in [0.05, 0.1) is 32.0 Å². The minimum absolute atomic E-state index is 0.00573. The van der Waals surface area contributed by atoms with Crippen molar-refractivity contribution in [1.29, 1.82) is 0 Å². The largest absolute Gasteiger partial charge is 0.466 e. The smallest absolute Gasteiger partial charge is 0.305 e. The lowest BCUT2D eigenvalue weighted by atomic mass is 9.99. The summed E-state index contributed by atoms with van der Waals surface area (Å²) in [6.45, 7) is 4.07. The van der Waals surface area contributed by atoms with E-state index >= 15 is 0 Å². The summed E-state index contributed by atoms with van der Waals surface area (Å²) in [6, 6.07) is -0.842. The molecule has 1 saturated heterocycles. The molecule has 7 atom stereocenters. The number of amides is 1. The molecule has 1 heterocycles. The molecule has 0 aromatic rings. The zero-order chi connectivity index (χ0) is 52.4. The number of carbonyl (C=O) groups excluding carboxylic acids is 2. The first-order chi connectivity index (χ1) is 35.2. The zero-order valence-electron chi connectivity index (χ0n) is 45.9. The molecule has 1 aliphatic rings. The van der Waals surface area contributed by atoms with Crippen molar-refractivity contribution < 1.29 is 49.3 Å². The number of nitrogens with one attached hydrogen (secondary N) is 1. The Kier molecular flexibility index (Phi) is 47.3. The van der Waals surface area contributed by atoms with E-state index in [0.29, 0.717) is 25.9 Å². The number of ether oxygens (including phenoxy) is 3. The molecule has 0 radical (unpaired) electrons. The Bertz CT molecular complexity index is 1380. The number of unbranched alkanes of at least 4 members (excludes halogenated alkanes) is 29. The lowest BCUT2D eigenvalue weighted by molar-refractivity contribution is -0.302. The molecule has 418 valence electrons. The van der Waals surface area contributed by atoms with Crippen molar-refractivity contribution in [3.63, 3.8) is 0 Å². The number of rotatable bonds is 50. The molecule has 72 heavy (non-hydrogen) atoms. The van der Waals surface area contributed by atoms with Crippen LogP contribution in [0.25, 0.3) is 0 Å². The summed E-state index contributed by atoms with van der Waals surface area (Å²) in [5.74, 6) is -0.217. The van der Waals surface area contributed by atoms with Crippen LogP contribution in [0.4, 0.5) is 0 Å². The van der Waals surface area contributed by atoms with E-state index in [1.54, 1.807) is 6.08 Å². The van der Waals surface area contributed by atoms with Crippen molar-refractivity contribution in [2.24, 2.45) is 0 Å². The average molecular weight is 1020 g/mol. The van der Waals surface area contributed by atoms with Gasteiger partial charge in [-0.15, -0.1) is 0 Å². The summed E-state index contributed by atoms with van der Waals surface area (Å²) in [4.78, 5) is 25.0. The Morgan fingerprint density at radius 3 is 1.53 bits per heavy atom. The van der Waals surface area contributed by atoms with E-state index in [9.17, 15) is 35.1 Å². The van der Waals surface area contributed by atoms with E-state index in [4.69, 9.17) is 14.2 Å². The van der Waals surface area contributed by atoms with Gasteiger partial charge in [-0.05, 0) is 84.0 Å². The van der Waals surface area contributed by atoms with Gasteiger partial charge in [-0.2, -0.15) is 0 Å². The van der Waals surface area contributed by atoms with Gasteiger partial charge in [0.15, 0.2) is 6.29 Å². The second-order valence-electron chi connectivity index (χ2n) is 20.3. The van der Waals surface area contributed by atoms with Crippen molar-refractivity contribution in [1.82, 2.24) is 5.32 Å². The van der Waals surface area contributed by atoms with Gasteiger partial charge in [0.25, 0.3) is 0 Å². The Balaban J connectivity index is 2.04. The average Bonchev–Trinajstić information content (AvgIpc) is 3.38. The van der Waals surface area contributed by atoms with Gasteiger partial charge in [-0.1, -0.05) is 215 Å². The molecule has 11 nitrogen and oxygen atoms in total. The maximum absolute atomic E-state index is 13.0. The van der Waals surface area contributed by atoms with Crippen LogP contribution in [0.1, 0.15) is 251 Å². The van der Waals surface area contributed by atoms with Gasteiger partial charge in [0, 0.05) is 12.8 Å². The fourth-order valence-electron chi connectivity index (χ4n) is 8.97. The van der Waals surface area contributed by atoms with Crippen molar-refractivity contribution in [3.8, 4) is 0 Å². The van der Waals surface area contributed by atoms with Crippen LogP contribution in [0.15, 0.2) is 60.8 Å². The predicted octanol–water partition coefficient (Wildman–Crippen LogP) is 13.4. The number of aliphatic hydroxyl groups excluding tert-OH is 5. The standard InChI is InChI=1S/C61H109NO10/c1-3-5-7-9-11-13-14-29-33-37-41-45-49-57(66)70-50-46-42-38-34-30-27-25-23-21-19-17-15-16-18-20-22-24-26-28-32-36-40-44-48-56(65)62-53(54(64)47-43-39-35-31-12-10-8-6-4-2)52-71-61-60(69)59(68)58(67)55(51-63)72-61/h4,6,12,15,17-18,20,31,43,47,53-55,58-61,63-64,67-69H,3,5,7-11,13-14,16,19,21-30,32-42,44-46,48-52H2,1-2H3,(H,62,65)/b6-4+,17-15-,20-18-,31-12+,47-43+. The van der Waals surface area contributed by atoms with Crippen molar-refractivity contribution in [2.75, 3.05) is 19.8 Å². The van der Waals surface area contributed by atoms with E-state index < -0.39 is 49.5 Å². The molecule has 0 aliphatic carbocycles. The molecule has 0 aromatic carbocycles. The Morgan fingerprint density at radius 1 is 0.542 bits per heavy atom. The summed E-state index contributed by atoms with van der Waals surface area (Å²) in [7, 11) is 0. The van der Waals surface area contributed by atoms with Crippen LogP contribution >= 0.6 is 0 Å². The van der Waals surface area contributed by atoms with Crippen LogP contribution < -0.4 is 5.32 Å². The van der Waals surface area contributed by atoms with Crippen LogP contribution in [0.5, 0.6) is 0 Å². The summed E-state index contributed by atoms with van der Waals surface area (Å²) in [6.07, 6.45) is 54.9. The monoisotopic (exact) mass is 1020 g/mol. The van der Waals surface area contributed by atoms with Gasteiger partial charge in [0.1, 0.15) is 24.4 Å². The minimum Gasteiger partial charge on any atom is -0.466 e. The van der Waals surface area contributed by atoms with Crippen LogP contribution in [0.2, 0.25) is 0 Å². The third-order valence-corrected chi connectivity index (χ3v) is 13.7. The molecule has 1 amide bonds. The lowest BCUT2D eigenvalue weighted by Crippen LogP contribution is -2.60. The highest BCUT2D eigenvalue weighted by atomic mass is 16.7. The number of hydrogen-bond donors (Lipinski definition) is 6. The van der Waals surface area contributed by atoms with Crippen LogP contribution in [-0.2, 0) is 23.8 Å². The summed E-state index contributed by atoms with van der Waals surface area (Å²) in [5.41, 5.74) is 0. The fraction of sp³-hybridized carbons (Fsp3) is 0.803. The molecular weight excluding hydrogens is 907 g/mol. The molecular formula is C61H109NO10. The Labute approximate surface area is 439 Å². The van der Waals surface area contributed by atoms with E-state index in [0.717, 1.165) is 89.9 Å². The highest BCUT2D eigenvalue weighted by Crippen LogP contribution is 2.23. The SMILES string of the molecule is C/C=C/CC/C=C/CC/C=C/C(O)C(COC1OC(CO)C(O)C(O)C1O)NC(=O)CCCCCCCCC/C=C\C/C=C\CCCCCCCCCCCOC(=O)CCCCCCCCCCCCCC. The fourth-order valence-corrected chi connectivity index (χ4v) is 8.97. The second-order valence-corrected chi connectivity index (χ2v) is 20.3. The van der Waals surface area contributed by atoms with E-state index in [2.05, 4.69) is 54.8 Å². The number of aliphatic hydroxyl groups is 5. The number of allylic oxidation sites excluding steroid dienone is 9. The molecule has 1 aliphatic heterocycles. The highest BCUT2D eigenvalue weighted by molar-refractivity contribution is 5.76. The summed E-state index contributed by atoms with van der Waals surface area (Å²) >= 11 is 0. The maximum atomic E-state index is 13.0. The number of esters is 1. The first kappa shape index (κ1) is 67.4. The predicted molar refractivity (Wildman–Crippen MR) is 296 cm³/mol. The molecule has 1 fully saturated rings. The van der Waals surface area contributed by atoms with E-state index in [-0.39, 0.29) is 18.5 Å². The molecule has 0 aromatic heterocycles. The van der Waals surface area contributed by atoms with E-state index in [1.165, 1.54) is 128 Å². The molecule has 0 spiro atoms. The molecule has 1 rings (SSSR count). The second kappa shape index (κ2) is 50.5. The van der Waals surface area contributed by atoms with Crippen LogP contribution in [0, 0.1) is 0 Å². The quantitative estimate of drug-likeness (QED) is 0.0195. The molecule has 6 N–H and O–H groups in total. The normalized spacial score (nSPS) is 19.5. The Hall–Kier alpha value is -2.64. The molecule has 11 heteroatoms. The summed E-state index contributed by atoms with van der Waals surface area (Å²) < 4.78 is 16.6. The zero-order valence-corrected chi connectivity index (χ0v) is 45.9. The first-order valence-electron chi connectivity index (χ1n) is 29.5. The van der Waals surface area contributed by atoms with Crippen molar-refractivity contribution in [3.05, 3.63) is 60.8 Å². The van der Waals surface area contributed by atoms with Gasteiger partial charge in [-0.25, -0.2) is 0 Å². The van der Waals surface area contributed by atoms with Gasteiger partial charge in [0.2, 0.25) is 5.91 Å². The Morgan fingerprint density at radius 2 is 1.00 bits per heavy atom. The third kappa shape index (κ3) is 39.8. The maximum Gasteiger partial charge on any atom is 0.305 e. The highest BCUT2D eigenvalue weighted by Gasteiger charge is 2.44. The molecule has 0 saturated carbocycles. The van der Waals surface area contributed by atoms with Gasteiger partial charge in [-0.3, -0.25) is 9.59 Å². The van der Waals surface area contributed by atoms with Gasteiger partial charge >= 0.3 is 5.97 Å². The number of hydrogen-bond acceptors (Lipinski definition) is 10. The molecule has 7 unspecified atom stereocenters. The van der Waals surface area contributed by atoms with E-state index in [1.807, 2.05) is 19.1 Å². The van der Waals surface area contributed by atoms with Crippen LogP contribution in [-0.4, -0.2) is 100 Å². The van der Waals surface area contributed by atoms with Gasteiger partial charge < -0.3 is 45.1 Å². The topological polar surface area (TPSA) is 175 Å². The minimum atomic E-state index is -1.58. The number of carbonyl (C=O) groups is 2.